The van der Waals surface area contributed by atoms with E-state index >= 15 is 0 Å². The molecule has 0 spiro atoms. The molecule has 0 unspecified atom stereocenters. The van der Waals surface area contributed by atoms with Crippen LogP contribution in [0.15, 0.2) is 16.6 Å². The highest BCUT2D eigenvalue weighted by atomic mass is 79.9. The van der Waals surface area contributed by atoms with E-state index in [0.717, 1.165) is 6.07 Å². The van der Waals surface area contributed by atoms with Crippen LogP contribution in [0.1, 0.15) is 20.8 Å². The summed E-state index contributed by atoms with van der Waals surface area (Å²) in [5.74, 6) is -0.364. The molecule has 0 heterocycles. The standard InChI is InChI=1S/C12H13BrClFO2/c1-12(2,3)11(16)6-17-10-5-9(15)8(14)4-7(10)13/h4-5H,6H2,1-3H3. The molecule has 0 N–H and O–H groups in total. The van der Waals surface area contributed by atoms with Crippen LogP contribution in [0, 0.1) is 11.2 Å². The van der Waals surface area contributed by atoms with Crippen molar-refractivity contribution in [1.82, 2.24) is 0 Å². The van der Waals surface area contributed by atoms with Crippen molar-refractivity contribution in [1.29, 1.82) is 0 Å². The summed E-state index contributed by atoms with van der Waals surface area (Å²) in [6, 6.07) is 2.55. The molecular weight excluding hydrogens is 310 g/mol. The second kappa shape index (κ2) is 5.36. The summed E-state index contributed by atoms with van der Waals surface area (Å²) in [5.41, 5.74) is -0.475. The lowest BCUT2D eigenvalue weighted by Crippen LogP contribution is -2.26. The van der Waals surface area contributed by atoms with Gasteiger partial charge in [-0.3, -0.25) is 4.79 Å². The van der Waals surface area contributed by atoms with Gasteiger partial charge in [-0.15, -0.1) is 0 Å². The highest BCUT2D eigenvalue weighted by Gasteiger charge is 2.22. The van der Waals surface area contributed by atoms with Gasteiger partial charge in [0, 0.05) is 11.5 Å². The molecule has 1 aromatic carbocycles. The summed E-state index contributed by atoms with van der Waals surface area (Å²) in [5, 5.41) is 0.00590. The molecule has 17 heavy (non-hydrogen) atoms. The van der Waals surface area contributed by atoms with Gasteiger partial charge < -0.3 is 4.74 Å². The molecule has 0 bridgehead atoms. The van der Waals surface area contributed by atoms with Crippen LogP contribution in [0.2, 0.25) is 5.02 Å². The number of hydrogen-bond donors (Lipinski definition) is 0. The zero-order valence-electron chi connectivity index (χ0n) is 9.81. The van der Waals surface area contributed by atoms with E-state index in [1.807, 2.05) is 0 Å². The third kappa shape index (κ3) is 3.96. The Hall–Kier alpha value is -0.610. The molecule has 1 rings (SSSR count). The zero-order chi connectivity index (χ0) is 13.2. The van der Waals surface area contributed by atoms with Crippen molar-refractivity contribution in [3.63, 3.8) is 0 Å². The summed E-state index contributed by atoms with van der Waals surface area (Å²) >= 11 is 8.79. The molecule has 2 nitrogen and oxygen atoms in total. The van der Waals surface area contributed by atoms with Crippen molar-refractivity contribution in [3.8, 4) is 5.75 Å². The first-order chi connectivity index (χ1) is 7.71. The zero-order valence-corrected chi connectivity index (χ0v) is 12.2. The summed E-state index contributed by atoms with van der Waals surface area (Å²) in [4.78, 5) is 11.6. The Morgan fingerprint density at radius 2 is 2.06 bits per heavy atom. The van der Waals surface area contributed by atoms with E-state index in [0.29, 0.717) is 4.47 Å². The molecule has 0 saturated heterocycles. The Balaban J connectivity index is 2.77. The summed E-state index contributed by atoms with van der Waals surface area (Å²) in [6.07, 6.45) is 0. The lowest BCUT2D eigenvalue weighted by Gasteiger charge is -2.17. The van der Waals surface area contributed by atoms with Crippen molar-refractivity contribution < 1.29 is 13.9 Å². The predicted octanol–water partition coefficient (Wildman–Crippen LogP) is 4.24. The predicted molar refractivity (Wildman–Crippen MR) is 69.1 cm³/mol. The van der Waals surface area contributed by atoms with Crippen LogP contribution >= 0.6 is 27.5 Å². The molecule has 1 aromatic rings. The second-order valence-electron chi connectivity index (χ2n) is 4.66. The molecule has 0 fully saturated rings. The quantitative estimate of drug-likeness (QED) is 0.778. The number of halogens is 3. The molecule has 0 amide bonds. The molecule has 94 valence electrons. The van der Waals surface area contributed by atoms with Crippen LogP contribution in [-0.4, -0.2) is 12.4 Å². The third-order valence-electron chi connectivity index (χ3n) is 2.17. The molecular formula is C12H13BrClFO2. The van der Waals surface area contributed by atoms with Crippen molar-refractivity contribution in [2.45, 2.75) is 20.8 Å². The van der Waals surface area contributed by atoms with Crippen molar-refractivity contribution in [3.05, 3.63) is 27.4 Å². The van der Waals surface area contributed by atoms with Crippen LogP contribution in [0.25, 0.3) is 0 Å². The average Bonchev–Trinajstić information content (AvgIpc) is 2.19. The summed E-state index contributed by atoms with van der Waals surface area (Å²) in [6.45, 7) is 5.31. The second-order valence-corrected chi connectivity index (χ2v) is 5.92. The van der Waals surface area contributed by atoms with E-state index in [4.69, 9.17) is 16.3 Å². The SMILES string of the molecule is CC(C)(C)C(=O)COc1cc(F)c(Cl)cc1Br. The highest BCUT2D eigenvalue weighted by molar-refractivity contribution is 9.10. The normalized spacial score (nSPS) is 11.4. The fourth-order valence-electron chi connectivity index (χ4n) is 0.975. The van der Waals surface area contributed by atoms with Gasteiger partial charge in [-0.25, -0.2) is 4.39 Å². The Kier molecular flexibility index (Phi) is 4.55. The third-order valence-corrected chi connectivity index (χ3v) is 3.08. The number of ether oxygens (including phenoxy) is 1. The fraction of sp³-hybridized carbons (Fsp3) is 0.417. The van der Waals surface area contributed by atoms with Crippen LogP contribution in [0.4, 0.5) is 4.39 Å². The van der Waals surface area contributed by atoms with E-state index in [-0.39, 0.29) is 23.2 Å². The Bertz CT molecular complexity index is 441. The Morgan fingerprint density at radius 3 is 2.59 bits per heavy atom. The maximum atomic E-state index is 13.2. The number of rotatable bonds is 3. The van der Waals surface area contributed by atoms with Gasteiger partial charge in [-0.1, -0.05) is 32.4 Å². The summed E-state index contributed by atoms with van der Waals surface area (Å²) in [7, 11) is 0. The smallest absolute Gasteiger partial charge is 0.175 e. The van der Waals surface area contributed by atoms with Gasteiger partial charge >= 0.3 is 0 Å². The number of carbonyl (C=O) groups is 1. The molecule has 0 aromatic heterocycles. The molecule has 5 heteroatoms. The minimum Gasteiger partial charge on any atom is -0.485 e. The van der Waals surface area contributed by atoms with E-state index in [1.54, 1.807) is 20.8 Å². The number of Topliss-reactive ketones (excluding diaryl/α,β-unsaturated/α-hetero) is 1. The molecule has 0 aliphatic heterocycles. The molecule has 0 aliphatic carbocycles. The molecule has 0 radical (unpaired) electrons. The Labute approximate surface area is 113 Å². The van der Waals surface area contributed by atoms with Gasteiger partial charge in [-0.05, 0) is 22.0 Å². The largest absolute Gasteiger partial charge is 0.485 e. The summed E-state index contributed by atoms with van der Waals surface area (Å²) < 4.78 is 19.0. The number of benzene rings is 1. The monoisotopic (exact) mass is 322 g/mol. The minimum absolute atomic E-state index is 0.00590. The van der Waals surface area contributed by atoms with E-state index in [1.165, 1.54) is 6.07 Å². The first-order valence-corrected chi connectivity index (χ1v) is 6.19. The van der Waals surface area contributed by atoms with E-state index in [2.05, 4.69) is 15.9 Å². The van der Waals surface area contributed by atoms with Crippen LogP contribution in [0.5, 0.6) is 5.75 Å². The lowest BCUT2D eigenvalue weighted by molar-refractivity contribution is -0.128. The Morgan fingerprint density at radius 1 is 1.47 bits per heavy atom. The van der Waals surface area contributed by atoms with Gasteiger partial charge in [0.05, 0.1) is 9.50 Å². The molecule has 0 atom stereocenters. The number of ketones is 1. The number of carbonyl (C=O) groups excluding carboxylic acids is 1. The van der Waals surface area contributed by atoms with Crippen LogP contribution in [0.3, 0.4) is 0 Å². The maximum Gasteiger partial charge on any atom is 0.175 e. The van der Waals surface area contributed by atoms with Crippen molar-refractivity contribution in [2.24, 2.45) is 5.41 Å². The van der Waals surface area contributed by atoms with Gasteiger partial charge in [0.2, 0.25) is 0 Å². The van der Waals surface area contributed by atoms with Crippen LogP contribution < -0.4 is 4.74 Å². The minimum atomic E-state index is -0.576. The van der Waals surface area contributed by atoms with Gasteiger partial charge in [0.1, 0.15) is 18.2 Å². The van der Waals surface area contributed by atoms with Gasteiger partial charge in [0.15, 0.2) is 5.78 Å². The topological polar surface area (TPSA) is 26.3 Å². The number of hydrogen-bond acceptors (Lipinski definition) is 2. The first kappa shape index (κ1) is 14.5. The average molecular weight is 324 g/mol. The van der Waals surface area contributed by atoms with Gasteiger partial charge in [0.25, 0.3) is 0 Å². The lowest BCUT2D eigenvalue weighted by atomic mass is 9.91. The maximum absolute atomic E-state index is 13.2. The van der Waals surface area contributed by atoms with Crippen molar-refractivity contribution >= 4 is 33.3 Å². The van der Waals surface area contributed by atoms with Crippen LogP contribution in [-0.2, 0) is 4.79 Å². The first-order valence-electron chi connectivity index (χ1n) is 5.02. The van der Waals surface area contributed by atoms with E-state index in [9.17, 15) is 9.18 Å². The fourth-order valence-corrected chi connectivity index (χ4v) is 1.73. The van der Waals surface area contributed by atoms with Gasteiger partial charge in [-0.2, -0.15) is 0 Å². The van der Waals surface area contributed by atoms with E-state index < -0.39 is 11.2 Å². The highest BCUT2D eigenvalue weighted by Crippen LogP contribution is 2.30. The van der Waals surface area contributed by atoms with Crippen molar-refractivity contribution in [2.75, 3.05) is 6.61 Å². The molecule has 0 aliphatic rings. The molecule has 0 saturated carbocycles.